The van der Waals surface area contributed by atoms with E-state index in [2.05, 4.69) is 4.98 Å². The molecule has 0 aliphatic carbocycles. The van der Waals surface area contributed by atoms with Crippen LogP contribution in [0.5, 0.6) is 11.5 Å². The van der Waals surface area contributed by atoms with Crippen LogP contribution in [-0.2, 0) is 24.6 Å². The standard InChI is InChI=1S/C32H32N2O9/c1-20(35)42-29-28(37)26(43-30(29)34-18-17-27(36)33-31(34)38)19-41-32(21-7-5-4-6-8-21,22-9-13-24(39-2)14-10-22)23-11-15-25(40-3)16-12-23/h4-18,26,28-30,37H,19H2,1-3H3,(H,33,36,38)/t26-,28?,29-,30-/m1/s1. The fourth-order valence-corrected chi connectivity index (χ4v) is 5.31. The Morgan fingerprint density at radius 3 is 1.95 bits per heavy atom. The summed E-state index contributed by atoms with van der Waals surface area (Å²) in [4.78, 5) is 38.4. The van der Waals surface area contributed by atoms with Crippen LogP contribution in [0.25, 0.3) is 0 Å². The average molecular weight is 589 g/mol. The van der Waals surface area contributed by atoms with Gasteiger partial charge in [-0.1, -0.05) is 54.6 Å². The Labute approximate surface area is 247 Å². The minimum Gasteiger partial charge on any atom is -0.497 e. The molecule has 1 aliphatic rings. The fourth-order valence-electron chi connectivity index (χ4n) is 5.31. The van der Waals surface area contributed by atoms with Crippen molar-refractivity contribution in [3.63, 3.8) is 0 Å². The van der Waals surface area contributed by atoms with Gasteiger partial charge in [0.25, 0.3) is 5.56 Å². The molecule has 43 heavy (non-hydrogen) atoms. The van der Waals surface area contributed by atoms with Gasteiger partial charge in [0.15, 0.2) is 12.3 Å². The molecule has 1 aromatic heterocycles. The molecule has 0 bridgehead atoms. The van der Waals surface area contributed by atoms with E-state index >= 15 is 0 Å². The van der Waals surface area contributed by atoms with E-state index in [1.807, 2.05) is 78.9 Å². The van der Waals surface area contributed by atoms with Crippen molar-refractivity contribution in [1.29, 1.82) is 0 Å². The molecular formula is C32H32N2O9. The maximum atomic E-state index is 12.6. The number of aliphatic hydroxyl groups is 1. The Kier molecular flexibility index (Phi) is 8.76. The number of aromatic amines is 1. The molecule has 2 heterocycles. The highest BCUT2D eigenvalue weighted by Crippen LogP contribution is 2.43. The molecule has 0 saturated carbocycles. The number of benzene rings is 3. The van der Waals surface area contributed by atoms with E-state index in [1.54, 1.807) is 14.2 Å². The van der Waals surface area contributed by atoms with Crippen LogP contribution in [0.15, 0.2) is 101 Å². The monoisotopic (exact) mass is 588 g/mol. The van der Waals surface area contributed by atoms with Crippen molar-refractivity contribution in [2.24, 2.45) is 0 Å². The Bertz CT molecular complexity index is 1600. The maximum Gasteiger partial charge on any atom is 0.330 e. The number of hydrogen-bond donors (Lipinski definition) is 2. The van der Waals surface area contributed by atoms with E-state index in [0.29, 0.717) is 11.5 Å². The lowest BCUT2D eigenvalue weighted by Gasteiger charge is -2.37. The van der Waals surface area contributed by atoms with E-state index in [-0.39, 0.29) is 6.61 Å². The molecule has 11 nitrogen and oxygen atoms in total. The molecule has 2 N–H and O–H groups in total. The third kappa shape index (κ3) is 5.96. The molecule has 0 amide bonds. The minimum atomic E-state index is -1.37. The van der Waals surface area contributed by atoms with Crippen molar-refractivity contribution in [3.8, 4) is 11.5 Å². The van der Waals surface area contributed by atoms with Gasteiger partial charge < -0.3 is 28.8 Å². The number of carbonyl (C=O) groups is 1. The topological polar surface area (TPSA) is 138 Å². The molecule has 224 valence electrons. The number of aromatic nitrogens is 2. The summed E-state index contributed by atoms with van der Waals surface area (Å²) < 4.78 is 30.2. The molecule has 4 aromatic rings. The first kappa shape index (κ1) is 29.8. The molecule has 1 fully saturated rings. The number of rotatable bonds is 10. The van der Waals surface area contributed by atoms with E-state index in [4.69, 9.17) is 23.7 Å². The highest BCUT2D eigenvalue weighted by molar-refractivity contribution is 5.66. The van der Waals surface area contributed by atoms with Crippen LogP contribution in [0.1, 0.15) is 29.8 Å². The molecule has 5 rings (SSSR count). The van der Waals surface area contributed by atoms with Gasteiger partial charge in [-0.15, -0.1) is 0 Å². The number of methoxy groups -OCH3 is 2. The zero-order valence-corrected chi connectivity index (χ0v) is 23.8. The van der Waals surface area contributed by atoms with Crippen LogP contribution in [0, 0.1) is 0 Å². The first-order valence-corrected chi connectivity index (χ1v) is 13.6. The van der Waals surface area contributed by atoms with Gasteiger partial charge in [-0.05, 0) is 41.0 Å². The highest BCUT2D eigenvalue weighted by Gasteiger charge is 2.49. The Balaban J connectivity index is 1.58. The lowest BCUT2D eigenvalue weighted by Crippen LogP contribution is -2.41. The number of nitrogens with zero attached hydrogens (tertiary/aromatic N) is 1. The van der Waals surface area contributed by atoms with Gasteiger partial charge in [-0.3, -0.25) is 19.1 Å². The first-order chi connectivity index (χ1) is 20.8. The quantitative estimate of drug-likeness (QED) is 0.212. The Morgan fingerprint density at radius 1 is 0.884 bits per heavy atom. The van der Waals surface area contributed by atoms with Crippen molar-refractivity contribution >= 4 is 5.97 Å². The molecule has 11 heteroatoms. The summed E-state index contributed by atoms with van der Waals surface area (Å²) >= 11 is 0. The van der Waals surface area contributed by atoms with Crippen LogP contribution < -0.4 is 20.7 Å². The van der Waals surface area contributed by atoms with Gasteiger partial charge in [-0.2, -0.15) is 0 Å². The van der Waals surface area contributed by atoms with Crippen LogP contribution >= 0.6 is 0 Å². The Morgan fingerprint density at radius 2 is 1.44 bits per heavy atom. The number of carbonyl (C=O) groups excluding carboxylic acids is 1. The van der Waals surface area contributed by atoms with Gasteiger partial charge in [0.05, 0.1) is 20.8 Å². The summed E-state index contributed by atoms with van der Waals surface area (Å²) in [6.45, 7) is 1.01. The van der Waals surface area contributed by atoms with Crippen molar-refractivity contribution in [2.45, 2.75) is 37.1 Å². The van der Waals surface area contributed by atoms with E-state index < -0.39 is 47.4 Å². The second kappa shape index (κ2) is 12.7. The van der Waals surface area contributed by atoms with E-state index in [0.717, 1.165) is 27.3 Å². The predicted octanol–water partition coefficient (Wildman–Crippen LogP) is 2.75. The molecule has 0 radical (unpaired) electrons. The number of H-pyrrole nitrogens is 1. The number of aliphatic hydroxyl groups excluding tert-OH is 1. The van der Waals surface area contributed by atoms with Crippen LogP contribution in [0.2, 0.25) is 0 Å². The van der Waals surface area contributed by atoms with Gasteiger partial charge in [0.2, 0.25) is 0 Å². The molecule has 1 aliphatic heterocycles. The van der Waals surface area contributed by atoms with Gasteiger partial charge in [0, 0.05) is 19.2 Å². The molecule has 0 spiro atoms. The average Bonchev–Trinajstić information content (AvgIpc) is 3.32. The lowest BCUT2D eigenvalue weighted by molar-refractivity contribution is -0.156. The summed E-state index contributed by atoms with van der Waals surface area (Å²) in [5.41, 5.74) is -0.256. The summed E-state index contributed by atoms with van der Waals surface area (Å²) in [7, 11) is 3.17. The zero-order valence-electron chi connectivity index (χ0n) is 23.8. The smallest absolute Gasteiger partial charge is 0.330 e. The van der Waals surface area contributed by atoms with Crippen LogP contribution in [0.4, 0.5) is 0 Å². The van der Waals surface area contributed by atoms with Crippen LogP contribution in [-0.4, -0.2) is 59.8 Å². The minimum absolute atomic E-state index is 0.180. The van der Waals surface area contributed by atoms with Crippen molar-refractivity contribution in [1.82, 2.24) is 9.55 Å². The predicted molar refractivity (Wildman–Crippen MR) is 155 cm³/mol. The zero-order chi connectivity index (χ0) is 30.6. The number of ether oxygens (including phenoxy) is 5. The summed E-state index contributed by atoms with van der Waals surface area (Å²) in [5, 5.41) is 11.3. The maximum absolute atomic E-state index is 12.6. The lowest BCUT2D eigenvalue weighted by atomic mass is 9.80. The number of esters is 1. The largest absolute Gasteiger partial charge is 0.497 e. The summed E-state index contributed by atoms with van der Waals surface area (Å²) in [5.74, 6) is 0.647. The molecule has 1 unspecified atom stereocenters. The van der Waals surface area contributed by atoms with Crippen molar-refractivity contribution in [2.75, 3.05) is 20.8 Å². The second-order valence-corrected chi connectivity index (χ2v) is 9.96. The second-order valence-electron chi connectivity index (χ2n) is 9.96. The van der Waals surface area contributed by atoms with Gasteiger partial charge >= 0.3 is 11.7 Å². The normalized spacial score (nSPS) is 20.0. The molecule has 1 saturated heterocycles. The van der Waals surface area contributed by atoms with Crippen molar-refractivity contribution < 1.29 is 33.6 Å². The highest BCUT2D eigenvalue weighted by atomic mass is 16.6. The third-order valence-electron chi connectivity index (χ3n) is 7.38. The SMILES string of the molecule is COc1ccc(C(OC[C@H]2O[C@@H](n3ccc(=O)[nH]c3=O)[C@H](OC(C)=O)C2O)(c2ccccc2)c2ccc(OC)cc2)cc1. The Hall–Kier alpha value is -4.71. The van der Waals surface area contributed by atoms with Crippen LogP contribution in [0.3, 0.4) is 0 Å². The molecule has 4 atom stereocenters. The molecule has 3 aromatic carbocycles. The molecular weight excluding hydrogens is 556 g/mol. The van der Waals surface area contributed by atoms with E-state index in [9.17, 15) is 19.5 Å². The summed E-state index contributed by atoms with van der Waals surface area (Å²) in [6.07, 6.45) is -3.64. The number of hydrogen-bond acceptors (Lipinski definition) is 9. The van der Waals surface area contributed by atoms with Crippen molar-refractivity contribution in [3.05, 3.63) is 129 Å². The third-order valence-corrected chi connectivity index (χ3v) is 7.38. The van der Waals surface area contributed by atoms with E-state index in [1.165, 1.54) is 13.1 Å². The van der Waals surface area contributed by atoms with Gasteiger partial charge in [0.1, 0.15) is 29.3 Å². The fraction of sp³-hybridized carbons (Fsp3) is 0.281. The first-order valence-electron chi connectivity index (χ1n) is 13.6. The number of nitrogens with one attached hydrogen (secondary N) is 1. The van der Waals surface area contributed by atoms with Gasteiger partial charge in [-0.25, -0.2) is 4.79 Å². The summed E-state index contributed by atoms with van der Waals surface area (Å²) in [6, 6.07) is 25.6.